The van der Waals surface area contributed by atoms with E-state index in [1.807, 2.05) is 0 Å². The van der Waals surface area contributed by atoms with Crippen LogP contribution >= 0.6 is 11.6 Å². The highest BCUT2D eigenvalue weighted by Gasteiger charge is 2.10. The molecule has 0 unspecified atom stereocenters. The third kappa shape index (κ3) is 2.70. The van der Waals surface area contributed by atoms with Gasteiger partial charge in [0.15, 0.2) is 5.75 Å². The van der Waals surface area contributed by atoms with Gasteiger partial charge < -0.3 is 4.74 Å². The fourth-order valence-corrected chi connectivity index (χ4v) is 1.53. The Labute approximate surface area is 107 Å². The zero-order chi connectivity index (χ0) is 13.1. The Bertz CT molecular complexity index is 583. The molecule has 0 atom stereocenters. The highest BCUT2D eigenvalue weighted by Crippen LogP contribution is 2.32. The van der Waals surface area contributed by atoms with Crippen LogP contribution in [0.3, 0.4) is 0 Å². The lowest BCUT2D eigenvalue weighted by Gasteiger charge is -2.06. The van der Waals surface area contributed by atoms with Crippen molar-refractivity contribution in [3.05, 3.63) is 57.6 Å². The van der Waals surface area contributed by atoms with Crippen LogP contribution in [0.4, 0.5) is 5.69 Å². The molecule has 2 aromatic carbocycles. The summed E-state index contributed by atoms with van der Waals surface area (Å²) in [5, 5.41) is 21.6. The van der Waals surface area contributed by atoms with Gasteiger partial charge in [0.25, 0.3) is 5.69 Å². The van der Waals surface area contributed by atoms with Crippen molar-refractivity contribution < 1.29 is 14.8 Å². The van der Waals surface area contributed by atoms with Crippen molar-refractivity contribution in [2.24, 2.45) is 0 Å². The maximum absolute atomic E-state index is 10.9. The molecule has 2 aromatic rings. The summed E-state index contributed by atoms with van der Waals surface area (Å²) < 4.78 is 5.41. The molecule has 0 saturated carbocycles. The first-order valence-corrected chi connectivity index (χ1v) is 5.33. The number of non-ortho nitro benzene ring substituents is 1. The van der Waals surface area contributed by atoms with Crippen molar-refractivity contribution in [3.8, 4) is 17.2 Å². The lowest BCUT2D eigenvalue weighted by molar-refractivity contribution is -0.384. The molecule has 0 aromatic heterocycles. The Kier molecular flexibility index (Phi) is 3.34. The van der Waals surface area contributed by atoms with Gasteiger partial charge in [-0.2, -0.15) is 0 Å². The Morgan fingerprint density at radius 3 is 2.33 bits per heavy atom. The number of ether oxygens (including phenoxy) is 1. The molecule has 0 N–H and O–H groups in total. The number of nitro groups is 1. The molecule has 0 aliphatic carbocycles. The Morgan fingerprint density at radius 1 is 1.11 bits per heavy atom. The quantitative estimate of drug-likeness (QED) is 0.616. The first-order valence-electron chi connectivity index (χ1n) is 4.95. The summed E-state index contributed by atoms with van der Waals surface area (Å²) in [6, 6.07) is 9.62. The van der Waals surface area contributed by atoms with Crippen LogP contribution in [0.5, 0.6) is 17.2 Å². The Morgan fingerprint density at radius 2 is 1.78 bits per heavy atom. The SMILES string of the molecule is [O]c1ccc(Oc2ccc([N+](=O)[O-])cc2Cl)cc1. The van der Waals surface area contributed by atoms with Gasteiger partial charge in [-0.1, -0.05) is 11.6 Å². The Balaban J connectivity index is 2.24. The zero-order valence-electron chi connectivity index (χ0n) is 9.00. The van der Waals surface area contributed by atoms with Crippen LogP contribution in [0.25, 0.3) is 0 Å². The molecule has 5 nitrogen and oxygen atoms in total. The molecule has 2 rings (SSSR count). The number of nitrogens with zero attached hydrogens (tertiary/aromatic N) is 1. The molecule has 1 radical (unpaired) electrons. The van der Waals surface area contributed by atoms with Crippen LogP contribution in [0, 0.1) is 10.1 Å². The fourth-order valence-electron chi connectivity index (χ4n) is 1.32. The van der Waals surface area contributed by atoms with Gasteiger partial charge in [-0.05, 0) is 30.3 Å². The van der Waals surface area contributed by atoms with E-state index in [1.54, 1.807) is 0 Å². The van der Waals surface area contributed by atoms with E-state index in [2.05, 4.69) is 0 Å². The van der Waals surface area contributed by atoms with E-state index < -0.39 is 4.92 Å². The minimum Gasteiger partial charge on any atom is -0.456 e. The Hall–Kier alpha value is -2.27. The van der Waals surface area contributed by atoms with Gasteiger partial charge in [0.1, 0.15) is 11.5 Å². The molecule has 0 saturated heterocycles. The number of hydrogen-bond donors (Lipinski definition) is 0. The number of rotatable bonds is 3. The van der Waals surface area contributed by atoms with Gasteiger partial charge in [-0.15, -0.1) is 0 Å². The second kappa shape index (κ2) is 4.93. The van der Waals surface area contributed by atoms with Crippen molar-refractivity contribution in [1.29, 1.82) is 0 Å². The summed E-state index contributed by atoms with van der Waals surface area (Å²) in [4.78, 5) is 9.99. The summed E-state index contributed by atoms with van der Waals surface area (Å²) in [6.07, 6.45) is 0. The molecule has 0 aliphatic rings. The second-order valence-corrected chi connectivity index (χ2v) is 3.85. The van der Waals surface area contributed by atoms with Crippen molar-refractivity contribution in [3.63, 3.8) is 0 Å². The van der Waals surface area contributed by atoms with Crippen molar-refractivity contribution in [2.45, 2.75) is 0 Å². The summed E-state index contributed by atoms with van der Waals surface area (Å²) in [7, 11) is 0. The standard InChI is InChI=1S/C12H7ClNO4/c13-11-7-8(14(16)17)1-6-12(11)18-10-4-2-9(15)3-5-10/h1-7H. The highest BCUT2D eigenvalue weighted by atomic mass is 35.5. The van der Waals surface area contributed by atoms with Crippen molar-refractivity contribution >= 4 is 17.3 Å². The second-order valence-electron chi connectivity index (χ2n) is 3.45. The van der Waals surface area contributed by atoms with Crippen LogP contribution in [0.2, 0.25) is 5.02 Å². The summed E-state index contributed by atoms with van der Waals surface area (Å²) >= 11 is 5.86. The van der Waals surface area contributed by atoms with E-state index in [0.717, 1.165) is 0 Å². The molecular weight excluding hydrogens is 258 g/mol. The van der Waals surface area contributed by atoms with Crippen LogP contribution < -0.4 is 4.74 Å². The van der Waals surface area contributed by atoms with E-state index in [4.69, 9.17) is 16.3 Å². The largest absolute Gasteiger partial charge is 0.456 e. The minimum atomic E-state index is -0.540. The normalized spacial score (nSPS) is 10.1. The zero-order valence-corrected chi connectivity index (χ0v) is 9.76. The van der Waals surface area contributed by atoms with E-state index in [-0.39, 0.29) is 16.5 Å². The van der Waals surface area contributed by atoms with E-state index >= 15 is 0 Å². The van der Waals surface area contributed by atoms with Gasteiger partial charge in [0, 0.05) is 12.1 Å². The molecule has 0 bridgehead atoms. The molecule has 91 valence electrons. The maximum atomic E-state index is 10.9. The maximum Gasteiger partial charge on any atom is 0.271 e. The van der Waals surface area contributed by atoms with Gasteiger partial charge in [-0.25, -0.2) is 0 Å². The fraction of sp³-hybridized carbons (Fsp3) is 0. The summed E-state index contributed by atoms with van der Waals surface area (Å²) in [5.41, 5.74) is -0.109. The molecule has 0 spiro atoms. The lowest BCUT2D eigenvalue weighted by atomic mass is 10.3. The molecule has 6 heteroatoms. The van der Waals surface area contributed by atoms with Crippen LogP contribution in [-0.2, 0) is 5.11 Å². The van der Waals surface area contributed by atoms with Crippen LogP contribution in [0.15, 0.2) is 42.5 Å². The number of nitro benzene ring substituents is 1. The molecule has 18 heavy (non-hydrogen) atoms. The predicted octanol–water partition coefficient (Wildman–Crippen LogP) is 4.18. The van der Waals surface area contributed by atoms with Gasteiger partial charge in [0.05, 0.1) is 9.95 Å². The first-order chi connectivity index (χ1) is 8.56. The number of hydrogen-bond acceptors (Lipinski definition) is 3. The third-order valence-electron chi connectivity index (χ3n) is 2.18. The van der Waals surface area contributed by atoms with Crippen molar-refractivity contribution in [1.82, 2.24) is 0 Å². The molecule has 0 aliphatic heterocycles. The summed E-state index contributed by atoms with van der Waals surface area (Å²) in [6.45, 7) is 0. The highest BCUT2D eigenvalue weighted by molar-refractivity contribution is 6.32. The molecule has 0 heterocycles. The topological polar surface area (TPSA) is 72.3 Å². The minimum absolute atomic E-state index is 0.109. The first kappa shape index (κ1) is 12.2. The molecule has 0 fully saturated rings. The monoisotopic (exact) mass is 264 g/mol. The lowest BCUT2D eigenvalue weighted by Crippen LogP contribution is -1.89. The average Bonchev–Trinajstić information content (AvgIpc) is 2.34. The van der Waals surface area contributed by atoms with Gasteiger partial charge in [-0.3, -0.25) is 15.2 Å². The van der Waals surface area contributed by atoms with E-state index in [9.17, 15) is 15.2 Å². The van der Waals surface area contributed by atoms with Gasteiger partial charge >= 0.3 is 0 Å². The van der Waals surface area contributed by atoms with Crippen LogP contribution in [0.1, 0.15) is 0 Å². The van der Waals surface area contributed by atoms with Crippen LogP contribution in [-0.4, -0.2) is 4.92 Å². The third-order valence-corrected chi connectivity index (χ3v) is 2.47. The smallest absolute Gasteiger partial charge is 0.271 e. The molecule has 0 amide bonds. The van der Waals surface area contributed by atoms with Crippen molar-refractivity contribution in [2.75, 3.05) is 0 Å². The number of benzene rings is 2. The number of halogens is 1. The summed E-state index contributed by atoms with van der Waals surface area (Å²) in [5.74, 6) is 0.600. The van der Waals surface area contributed by atoms with E-state index in [1.165, 1.54) is 42.5 Å². The van der Waals surface area contributed by atoms with E-state index in [0.29, 0.717) is 11.5 Å². The van der Waals surface area contributed by atoms with Gasteiger partial charge in [0.2, 0.25) is 0 Å². The average molecular weight is 265 g/mol. The molecular formula is C12H7ClNO4. The predicted molar refractivity (Wildman–Crippen MR) is 64.8 cm³/mol.